The van der Waals surface area contributed by atoms with Gasteiger partial charge in [-0.1, -0.05) is 81.8 Å². The Kier molecular flexibility index (Phi) is 11.1. The fourth-order valence-electron chi connectivity index (χ4n) is 10.4. The molecule has 7 atom stereocenters. The molecule has 4 aliphatic rings. The molecular weight excluding hydrogens is 573 g/mol. The number of nitrogens with zero attached hydrogens (tertiary/aromatic N) is 1. The summed E-state index contributed by atoms with van der Waals surface area (Å²) in [5.41, 5.74) is 3.16. The lowest BCUT2D eigenvalue weighted by atomic mass is 9.51. The summed E-state index contributed by atoms with van der Waals surface area (Å²) in [6.07, 6.45) is 16.2. The number of hydrogen-bond donors (Lipinski definition) is 2. The molecule has 3 fully saturated rings. The second-order valence-electron chi connectivity index (χ2n) is 15.7. The third kappa shape index (κ3) is 7.50. The Balaban J connectivity index is 1.09. The summed E-state index contributed by atoms with van der Waals surface area (Å²) in [7, 11) is 0. The number of aryl methyl sites for hydroxylation is 1. The molecule has 4 nitrogen and oxygen atoms in total. The van der Waals surface area contributed by atoms with Crippen LogP contribution in [0.2, 0.25) is 0 Å². The number of phenolic OH excluding ortho intramolecular Hbond substituents is 1. The van der Waals surface area contributed by atoms with Crippen molar-refractivity contribution in [2.24, 2.45) is 29.1 Å². The summed E-state index contributed by atoms with van der Waals surface area (Å²) < 4.78 is 16.2. The molecule has 46 heavy (non-hydrogen) atoms. The maximum absolute atomic E-state index is 16.2. The highest BCUT2D eigenvalue weighted by atomic mass is 19.1. The first-order chi connectivity index (χ1) is 22.3. The Morgan fingerprint density at radius 1 is 0.935 bits per heavy atom. The average Bonchev–Trinajstić information content (AvgIpc) is 3.35. The summed E-state index contributed by atoms with van der Waals surface area (Å²) >= 11 is 0. The molecule has 6 rings (SSSR count). The smallest absolute Gasteiger partial charge is 0.222 e. The molecule has 2 aromatic carbocycles. The zero-order valence-electron chi connectivity index (χ0n) is 28.2. The quantitative estimate of drug-likeness (QED) is 0.217. The van der Waals surface area contributed by atoms with Gasteiger partial charge < -0.3 is 15.1 Å². The first kappa shape index (κ1) is 33.5. The number of phenols is 1. The molecule has 0 bridgehead atoms. The van der Waals surface area contributed by atoms with Gasteiger partial charge in [-0.25, -0.2) is 4.39 Å². The van der Waals surface area contributed by atoms with Gasteiger partial charge in [0.15, 0.2) is 0 Å². The van der Waals surface area contributed by atoms with Crippen LogP contribution in [0.1, 0.15) is 126 Å². The SMILES string of the molecule is C[C@]12C[C@H](F)[C@@H]3c4ccc(O)cc4C[C@@H](CCCCN(CCCc4ccccc4)C(=O)CCCC4CCCCC4)[C@H]3[C@@H]1CC[C@@H]2O. The largest absolute Gasteiger partial charge is 0.508 e. The lowest BCUT2D eigenvalue weighted by Gasteiger charge is -2.54. The summed E-state index contributed by atoms with van der Waals surface area (Å²) in [5.74, 6) is 2.10. The van der Waals surface area contributed by atoms with Crippen molar-refractivity contribution in [2.75, 3.05) is 13.1 Å². The van der Waals surface area contributed by atoms with E-state index >= 15 is 4.39 Å². The number of amides is 1. The molecule has 0 aliphatic heterocycles. The number of aromatic hydroxyl groups is 1. The second kappa shape index (κ2) is 15.2. The zero-order valence-corrected chi connectivity index (χ0v) is 28.2. The normalized spacial score (nSPS) is 30.8. The molecule has 0 saturated heterocycles. The molecule has 4 aliphatic carbocycles. The van der Waals surface area contributed by atoms with Crippen molar-refractivity contribution in [1.29, 1.82) is 0 Å². The fourth-order valence-corrected chi connectivity index (χ4v) is 10.4. The standard InChI is InChI=1S/C41H58FNO3/c1-41-28-36(42)40-34-21-20-33(44)27-32(34)26-31(39(40)35(41)22-23-37(41)45)18-8-9-24-43(25-11-17-30-14-6-3-7-15-30)38(46)19-10-16-29-12-4-2-5-13-29/h3,6-7,14-15,20-21,27,29,31,35-37,39-40,44-45H,2,4-5,8-13,16-19,22-26,28H2,1H3/t31-,35+,36+,37+,39+,40+,41+/m1/s1. The van der Waals surface area contributed by atoms with Crippen LogP contribution in [0, 0.1) is 29.1 Å². The molecule has 0 spiro atoms. The van der Waals surface area contributed by atoms with Crippen LogP contribution in [0.5, 0.6) is 5.75 Å². The topological polar surface area (TPSA) is 60.8 Å². The first-order valence-corrected chi connectivity index (χ1v) is 18.8. The minimum Gasteiger partial charge on any atom is -0.508 e. The Bertz CT molecular complexity index is 1280. The number of alkyl halides is 1. The maximum atomic E-state index is 16.2. The molecular formula is C41H58FNO3. The molecule has 3 saturated carbocycles. The molecule has 1 amide bonds. The summed E-state index contributed by atoms with van der Waals surface area (Å²) in [6, 6.07) is 16.1. The Labute approximate surface area is 277 Å². The average molecular weight is 632 g/mol. The Morgan fingerprint density at radius 2 is 1.72 bits per heavy atom. The molecule has 0 radical (unpaired) electrons. The number of aliphatic hydroxyl groups is 1. The summed E-state index contributed by atoms with van der Waals surface area (Å²) in [4.78, 5) is 15.7. The molecule has 0 heterocycles. The molecule has 0 unspecified atom stereocenters. The van der Waals surface area contributed by atoms with Crippen LogP contribution in [0.25, 0.3) is 0 Å². The number of carbonyl (C=O) groups is 1. The van der Waals surface area contributed by atoms with E-state index in [0.29, 0.717) is 30.6 Å². The number of unbranched alkanes of at least 4 members (excludes halogenated alkanes) is 1. The van der Waals surface area contributed by atoms with Crippen LogP contribution < -0.4 is 0 Å². The predicted octanol–water partition coefficient (Wildman–Crippen LogP) is 9.17. The van der Waals surface area contributed by atoms with Crippen LogP contribution in [0.15, 0.2) is 48.5 Å². The zero-order chi connectivity index (χ0) is 32.1. The van der Waals surface area contributed by atoms with Crippen LogP contribution >= 0.6 is 0 Å². The van der Waals surface area contributed by atoms with Gasteiger partial charge >= 0.3 is 0 Å². The van der Waals surface area contributed by atoms with Crippen LogP contribution in [-0.2, 0) is 17.6 Å². The number of benzene rings is 2. The van der Waals surface area contributed by atoms with Gasteiger partial charge in [-0.05, 0) is 122 Å². The number of rotatable bonds is 13. The van der Waals surface area contributed by atoms with Crippen LogP contribution in [0.4, 0.5) is 4.39 Å². The van der Waals surface area contributed by atoms with Gasteiger partial charge in [0.1, 0.15) is 11.9 Å². The minimum atomic E-state index is -0.976. The van der Waals surface area contributed by atoms with Crippen molar-refractivity contribution in [1.82, 2.24) is 4.90 Å². The van der Waals surface area contributed by atoms with Crippen molar-refractivity contribution in [3.05, 3.63) is 65.2 Å². The number of fused-ring (bicyclic) bond motifs is 5. The van der Waals surface area contributed by atoms with Crippen molar-refractivity contribution >= 4 is 5.91 Å². The third-order valence-corrected chi connectivity index (χ3v) is 12.8. The number of carbonyl (C=O) groups excluding carboxylic acids is 1. The highest BCUT2D eigenvalue weighted by Gasteiger charge is 2.59. The fraction of sp³-hybridized carbons (Fsp3) is 0.683. The predicted molar refractivity (Wildman–Crippen MR) is 184 cm³/mol. The number of aliphatic hydroxyl groups excluding tert-OH is 1. The van der Waals surface area contributed by atoms with E-state index in [4.69, 9.17) is 0 Å². The Hall–Kier alpha value is -2.40. The molecule has 2 N–H and O–H groups in total. The van der Waals surface area contributed by atoms with Crippen molar-refractivity contribution in [2.45, 2.75) is 134 Å². The van der Waals surface area contributed by atoms with Gasteiger partial charge in [-0.3, -0.25) is 4.79 Å². The molecule has 0 aromatic heterocycles. The van der Waals surface area contributed by atoms with E-state index < -0.39 is 12.3 Å². The monoisotopic (exact) mass is 631 g/mol. The van der Waals surface area contributed by atoms with E-state index in [2.05, 4.69) is 42.2 Å². The number of hydrogen-bond acceptors (Lipinski definition) is 3. The summed E-state index contributed by atoms with van der Waals surface area (Å²) in [5, 5.41) is 21.3. The summed E-state index contributed by atoms with van der Waals surface area (Å²) in [6.45, 7) is 3.73. The van der Waals surface area contributed by atoms with Crippen molar-refractivity contribution in [3.63, 3.8) is 0 Å². The molecule has 5 heteroatoms. The van der Waals surface area contributed by atoms with Gasteiger partial charge in [0, 0.05) is 25.4 Å². The van der Waals surface area contributed by atoms with Gasteiger partial charge in [0.2, 0.25) is 5.91 Å². The second-order valence-corrected chi connectivity index (χ2v) is 15.7. The van der Waals surface area contributed by atoms with Crippen molar-refractivity contribution in [3.8, 4) is 5.75 Å². The van der Waals surface area contributed by atoms with Crippen LogP contribution in [0.3, 0.4) is 0 Å². The van der Waals surface area contributed by atoms with E-state index in [-0.39, 0.29) is 23.0 Å². The van der Waals surface area contributed by atoms with Gasteiger partial charge in [0.05, 0.1) is 6.10 Å². The van der Waals surface area contributed by atoms with E-state index in [9.17, 15) is 15.0 Å². The lowest BCUT2D eigenvalue weighted by molar-refractivity contribution is -0.131. The van der Waals surface area contributed by atoms with E-state index in [1.54, 1.807) is 6.07 Å². The van der Waals surface area contributed by atoms with E-state index in [1.165, 1.54) is 44.1 Å². The van der Waals surface area contributed by atoms with Crippen molar-refractivity contribution < 1.29 is 19.4 Å². The lowest BCUT2D eigenvalue weighted by Crippen LogP contribution is -2.51. The molecule has 252 valence electrons. The third-order valence-electron chi connectivity index (χ3n) is 12.8. The first-order valence-electron chi connectivity index (χ1n) is 18.8. The Morgan fingerprint density at radius 3 is 2.52 bits per heavy atom. The highest BCUT2D eigenvalue weighted by Crippen LogP contribution is 2.63. The number of halogens is 1. The van der Waals surface area contributed by atoms with E-state index in [0.717, 1.165) is 87.9 Å². The molecule has 2 aromatic rings. The van der Waals surface area contributed by atoms with Gasteiger partial charge in [0.25, 0.3) is 0 Å². The van der Waals surface area contributed by atoms with Gasteiger partial charge in [-0.2, -0.15) is 0 Å². The maximum Gasteiger partial charge on any atom is 0.222 e. The van der Waals surface area contributed by atoms with Crippen LogP contribution in [-0.4, -0.2) is 46.4 Å². The minimum absolute atomic E-state index is 0.155. The highest BCUT2D eigenvalue weighted by molar-refractivity contribution is 5.76. The van der Waals surface area contributed by atoms with E-state index in [1.807, 2.05) is 12.1 Å². The van der Waals surface area contributed by atoms with Gasteiger partial charge in [-0.15, -0.1) is 0 Å².